The van der Waals surface area contributed by atoms with Gasteiger partial charge in [0.05, 0.1) is 25.5 Å². The highest BCUT2D eigenvalue weighted by molar-refractivity contribution is 6.06. The number of ether oxygens (including phenoxy) is 4. The van der Waals surface area contributed by atoms with E-state index in [1.165, 1.54) is 0 Å². The van der Waals surface area contributed by atoms with Gasteiger partial charge in [-0.1, -0.05) is 0 Å². The maximum Gasteiger partial charge on any atom is 0.268 e. The molecule has 2 amide bonds. The first-order chi connectivity index (χ1) is 14.8. The topological polar surface area (TPSA) is 95.1 Å². The van der Waals surface area contributed by atoms with Crippen molar-refractivity contribution in [3.63, 3.8) is 0 Å². The molecule has 0 bridgehead atoms. The lowest BCUT2D eigenvalue weighted by Gasteiger charge is -2.31. The lowest BCUT2D eigenvalue weighted by Crippen LogP contribution is -2.45. The molecule has 166 valence electrons. The molecule has 1 aliphatic rings. The van der Waals surface area contributed by atoms with E-state index in [9.17, 15) is 9.59 Å². The fourth-order valence-corrected chi connectivity index (χ4v) is 3.11. The molecule has 8 heteroatoms. The van der Waals surface area contributed by atoms with Crippen LogP contribution in [0.3, 0.4) is 0 Å². The number of benzene rings is 2. The third-order valence-corrected chi connectivity index (χ3v) is 4.57. The van der Waals surface area contributed by atoms with Crippen LogP contribution in [0.2, 0.25) is 0 Å². The molecule has 0 aliphatic carbocycles. The first-order valence-corrected chi connectivity index (χ1v) is 10.3. The number of hydrogen-bond acceptors (Lipinski definition) is 6. The van der Waals surface area contributed by atoms with Gasteiger partial charge in [-0.3, -0.25) is 9.59 Å². The van der Waals surface area contributed by atoms with Crippen LogP contribution in [-0.4, -0.2) is 37.2 Å². The Balaban J connectivity index is 1.88. The first kappa shape index (κ1) is 22.3. The molecule has 0 atom stereocenters. The van der Waals surface area contributed by atoms with Crippen LogP contribution < -0.4 is 29.6 Å². The first-order valence-electron chi connectivity index (χ1n) is 10.3. The molecule has 0 saturated heterocycles. The largest absolute Gasteiger partial charge is 0.490 e. The predicted octanol–water partition coefficient (Wildman–Crippen LogP) is 4.24. The molecular formula is C23H28N2O6. The minimum atomic E-state index is -0.953. The Morgan fingerprint density at radius 1 is 1.00 bits per heavy atom. The van der Waals surface area contributed by atoms with Crippen LogP contribution >= 0.6 is 0 Å². The highest BCUT2D eigenvalue weighted by Gasteiger charge is 2.35. The van der Waals surface area contributed by atoms with Crippen LogP contribution in [0.1, 0.15) is 45.0 Å². The second kappa shape index (κ2) is 9.16. The number of fused-ring (bicyclic) bond motifs is 1. The summed E-state index contributed by atoms with van der Waals surface area (Å²) in [4.78, 5) is 25.1. The van der Waals surface area contributed by atoms with Crippen molar-refractivity contribution in [2.45, 2.75) is 40.2 Å². The van der Waals surface area contributed by atoms with Gasteiger partial charge >= 0.3 is 0 Å². The average molecular weight is 428 g/mol. The van der Waals surface area contributed by atoms with E-state index in [4.69, 9.17) is 18.9 Å². The summed E-state index contributed by atoms with van der Waals surface area (Å²) in [5.74, 6) is 1.29. The van der Waals surface area contributed by atoms with Crippen LogP contribution in [0.15, 0.2) is 30.3 Å². The maximum absolute atomic E-state index is 13.0. The zero-order chi connectivity index (χ0) is 22.6. The van der Waals surface area contributed by atoms with Crippen molar-refractivity contribution in [2.24, 2.45) is 0 Å². The molecule has 0 spiro atoms. The zero-order valence-corrected chi connectivity index (χ0v) is 18.5. The van der Waals surface area contributed by atoms with Gasteiger partial charge in [0.1, 0.15) is 5.75 Å². The molecule has 1 heterocycles. The number of hydrogen-bond donors (Lipinski definition) is 2. The van der Waals surface area contributed by atoms with Crippen molar-refractivity contribution in [1.82, 2.24) is 0 Å². The molecule has 0 fully saturated rings. The molecule has 2 aromatic carbocycles. The zero-order valence-electron chi connectivity index (χ0n) is 18.5. The van der Waals surface area contributed by atoms with Gasteiger partial charge in [-0.2, -0.15) is 0 Å². The van der Waals surface area contributed by atoms with E-state index >= 15 is 0 Å². The fourth-order valence-electron chi connectivity index (χ4n) is 3.11. The van der Waals surface area contributed by atoms with Crippen molar-refractivity contribution >= 4 is 23.2 Å². The van der Waals surface area contributed by atoms with Gasteiger partial charge in [0, 0.05) is 11.3 Å². The van der Waals surface area contributed by atoms with E-state index in [-0.39, 0.29) is 11.8 Å². The summed E-state index contributed by atoms with van der Waals surface area (Å²) in [5.41, 5.74) is 0.413. The van der Waals surface area contributed by atoms with E-state index < -0.39 is 5.60 Å². The Morgan fingerprint density at radius 3 is 2.19 bits per heavy atom. The highest BCUT2D eigenvalue weighted by atomic mass is 16.5. The normalized spacial score (nSPS) is 14.0. The SMILES string of the molecule is CCOc1cc(C(=O)Nc2ccc3c(c2)NC(=O)C(C)(C)O3)cc(OCC)c1OCC. The monoisotopic (exact) mass is 428 g/mol. The summed E-state index contributed by atoms with van der Waals surface area (Å²) in [6.07, 6.45) is 0. The van der Waals surface area contributed by atoms with Crippen molar-refractivity contribution in [2.75, 3.05) is 30.5 Å². The number of amides is 2. The molecule has 2 aromatic rings. The summed E-state index contributed by atoms with van der Waals surface area (Å²) in [6.45, 7) is 10.2. The molecule has 2 N–H and O–H groups in total. The average Bonchev–Trinajstić information content (AvgIpc) is 2.71. The van der Waals surface area contributed by atoms with Gasteiger partial charge in [0.2, 0.25) is 5.75 Å². The number of rotatable bonds is 8. The maximum atomic E-state index is 13.0. The molecule has 0 aromatic heterocycles. The van der Waals surface area contributed by atoms with Gasteiger partial charge in [-0.25, -0.2) is 0 Å². The Morgan fingerprint density at radius 2 is 1.61 bits per heavy atom. The van der Waals surface area contributed by atoms with Gasteiger partial charge in [-0.15, -0.1) is 0 Å². The summed E-state index contributed by atoms with van der Waals surface area (Å²) >= 11 is 0. The summed E-state index contributed by atoms with van der Waals surface area (Å²) in [7, 11) is 0. The van der Waals surface area contributed by atoms with E-state index in [1.54, 1.807) is 44.2 Å². The lowest BCUT2D eigenvalue weighted by molar-refractivity contribution is -0.129. The Bertz CT molecular complexity index is 959. The number of carbonyl (C=O) groups is 2. The molecule has 0 radical (unpaired) electrons. The summed E-state index contributed by atoms with van der Waals surface area (Å²) in [6, 6.07) is 8.32. The minimum Gasteiger partial charge on any atom is -0.490 e. The molecule has 0 saturated carbocycles. The quantitative estimate of drug-likeness (QED) is 0.653. The number of anilines is 2. The van der Waals surface area contributed by atoms with E-state index in [2.05, 4.69) is 10.6 Å². The molecular weight excluding hydrogens is 400 g/mol. The van der Waals surface area contributed by atoms with E-state index in [0.29, 0.717) is 59.8 Å². The van der Waals surface area contributed by atoms with Crippen molar-refractivity contribution in [1.29, 1.82) is 0 Å². The summed E-state index contributed by atoms with van der Waals surface area (Å²) < 4.78 is 22.8. The minimum absolute atomic E-state index is 0.252. The Kier molecular flexibility index (Phi) is 6.58. The molecule has 31 heavy (non-hydrogen) atoms. The fraction of sp³-hybridized carbons (Fsp3) is 0.391. The van der Waals surface area contributed by atoms with Crippen LogP contribution in [0, 0.1) is 0 Å². The third-order valence-electron chi connectivity index (χ3n) is 4.57. The van der Waals surface area contributed by atoms with E-state index in [0.717, 1.165) is 0 Å². The van der Waals surface area contributed by atoms with Crippen LogP contribution in [0.25, 0.3) is 0 Å². The highest BCUT2D eigenvalue weighted by Crippen LogP contribution is 2.40. The van der Waals surface area contributed by atoms with Gasteiger partial charge in [0.25, 0.3) is 11.8 Å². The number of carbonyl (C=O) groups excluding carboxylic acids is 2. The Hall–Kier alpha value is -3.42. The lowest BCUT2D eigenvalue weighted by atomic mass is 10.1. The van der Waals surface area contributed by atoms with Crippen LogP contribution in [0.5, 0.6) is 23.0 Å². The van der Waals surface area contributed by atoms with E-state index in [1.807, 2.05) is 20.8 Å². The smallest absolute Gasteiger partial charge is 0.268 e. The van der Waals surface area contributed by atoms with Gasteiger partial charge in [-0.05, 0) is 65.0 Å². The Labute approximate surface area is 181 Å². The summed E-state index contributed by atoms with van der Waals surface area (Å²) in [5, 5.41) is 5.64. The number of nitrogens with one attached hydrogen (secondary N) is 2. The third kappa shape index (κ3) is 4.84. The predicted molar refractivity (Wildman–Crippen MR) is 118 cm³/mol. The second-order valence-corrected chi connectivity index (χ2v) is 7.33. The van der Waals surface area contributed by atoms with Crippen molar-refractivity contribution < 1.29 is 28.5 Å². The second-order valence-electron chi connectivity index (χ2n) is 7.33. The standard InChI is InChI=1S/C23H28N2O6/c1-6-28-18-11-14(12-19(29-7-2)20(18)30-8-3)21(26)24-15-9-10-17-16(13-15)25-22(27)23(4,5)31-17/h9-13H,6-8H2,1-5H3,(H,24,26)(H,25,27). The molecule has 0 unspecified atom stereocenters. The molecule has 3 rings (SSSR count). The van der Waals surface area contributed by atoms with Gasteiger partial charge < -0.3 is 29.6 Å². The van der Waals surface area contributed by atoms with Crippen molar-refractivity contribution in [3.05, 3.63) is 35.9 Å². The molecule has 8 nitrogen and oxygen atoms in total. The van der Waals surface area contributed by atoms with Crippen LogP contribution in [0.4, 0.5) is 11.4 Å². The molecule has 1 aliphatic heterocycles. The van der Waals surface area contributed by atoms with Gasteiger partial charge in [0.15, 0.2) is 17.1 Å². The van der Waals surface area contributed by atoms with Crippen LogP contribution in [-0.2, 0) is 4.79 Å². The van der Waals surface area contributed by atoms with Crippen molar-refractivity contribution in [3.8, 4) is 23.0 Å².